The summed E-state index contributed by atoms with van der Waals surface area (Å²) in [6, 6.07) is 21.9. The van der Waals surface area contributed by atoms with E-state index in [4.69, 9.17) is 26.6 Å². The third-order valence-corrected chi connectivity index (χ3v) is 11.0. The lowest BCUT2D eigenvalue weighted by atomic mass is 9.91. The number of nitrogens with zero attached hydrogens (tertiary/aromatic N) is 15. The van der Waals surface area contributed by atoms with Crippen molar-refractivity contribution in [1.29, 1.82) is 0 Å². The molecule has 0 spiro atoms. The van der Waals surface area contributed by atoms with Gasteiger partial charge >= 0.3 is 11.9 Å². The number of aromatic carboxylic acids is 2. The van der Waals surface area contributed by atoms with Gasteiger partial charge in [-0.05, 0) is 30.3 Å². The van der Waals surface area contributed by atoms with Crippen LogP contribution in [0.2, 0.25) is 0 Å². The first kappa shape index (κ1) is 43.4. The van der Waals surface area contributed by atoms with Crippen LogP contribution in [0.5, 0.6) is 0 Å². The molecule has 8 rings (SSSR count). The van der Waals surface area contributed by atoms with E-state index in [1.165, 1.54) is 45.0 Å². The number of benzene rings is 3. The van der Waals surface area contributed by atoms with Crippen LogP contribution in [-0.2, 0) is 10.8 Å². The molecule has 0 aliphatic rings. The first-order valence-corrected chi connectivity index (χ1v) is 21.1. The van der Waals surface area contributed by atoms with E-state index in [2.05, 4.69) is 56.1 Å². The summed E-state index contributed by atoms with van der Waals surface area (Å²) in [7, 11) is 0. The maximum absolute atomic E-state index is 11.9. The van der Waals surface area contributed by atoms with E-state index in [0.29, 0.717) is 37.8 Å². The molecule has 22 nitrogen and oxygen atoms in total. The lowest BCUT2D eigenvalue weighted by Gasteiger charge is -2.15. The second kappa shape index (κ2) is 17.1. The molecule has 5 aromatic heterocycles. The number of carbonyl (C=O) groups is 2. The Balaban J connectivity index is 1.21. The molecule has 0 unspecified atom stereocenters. The average molecular weight is 911 g/mol. The molecule has 5 heterocycles. The Hall–Kier alpha value is -8.25. The maximum atomic E-state index is 11.9. The summed E-state index contributed by atoms with van der Waals surface area (Å²) >= 11 is 2.39. The standard InChI is InChI=1S/C41H38N18O4S2/c1-40(2,3)27-25(48-52-38-54-50-31(64-38)20-11-8-7-9-12-20)29(42)58(56-27)36-45-35(44-24-14-10-13-23(19-24)34(62)63)46-37(47-36)59-30(43)26(28(57-59)41(4,5)6)49-53-39-55-51-32(65-39)21-15-17-22(18-16-21)33(60)61/h7-19H,42-43H2,1-6H3,(H,60,61)(H,62,63)(H,44,45,46,47). The second-order valence-corrected chi connectivity index (χ2v) is 18.1. The molecule has 328 valence electrons. The fraction of sp³-hybridized carbons (Fsp3) is 0.195. The fourth-order valence-corrected chi connectivity index (χ4v) is 7.43. The predicted molar refractivity (Wildman–Crippen MR) is 243 cm³/mol. The van der Waals surface area contributed by atoms with E-state index in [9.17, 15) is 19.8 Å². The van der Waals surface area contributed by atoms with Crippen LogP contribution in [0.15, 0.2) is 99.3 Å². The van der Waals surface area contributed by atoms with Gasteiger partial charge < -0.3 is 27.0 Å². The third kappa shape index (κ3) is 9.28. The number of rotatable bonds is 12. The van der Waals surface area contributed by atoms with E-state index in [0.717, 1.165) is 16.9 Å². The van der Waals surface area contributed by atoms with Crippen molar-refractivity contribution < 1.29 is 19.8 Å². The number of nitrogens with two attached hydrogens (primary N) is 2. The van der Waals surface area contributed by atoms with Crippen molar-refractivity contribution in [2.75, 3.05) is 16.8 Å². The van der Waals surface area contributed by atoms with Gasteiger partial charge in [-0.15, -0.1) is 40.9 Å². The van der Waals surface area contributed by atoms with Gasteiger partial charge in [0, 0.05) is 27.6 Å². The van der Waals surface area contributed by atoms with Gasteiger partial charge in [-0.3, -0.25) is 0 Å². The Morgan fingerprint density at radius 1 is 0.600 bits per heavy atom. The highest BCUT2D eigenvalue weighted by molar-refractivity contribution is 7.18. The second-order valence-electron chi connectivity index (χ2n) is 16.2. The number of nitrogens with one attached hydrogen (secondary N) is 1. The molecule has 0 saturated heterocycles. The lowest BCUT2D eigenvalue weighted by molar-refractivity contribution is 0.0686. The van der Waals surface area contributed by atoms with Crippen molar-refractivity contribution in [3.05, 3.63) is 101 Å². The number of azo groups is 2. The molecule has 7 N–H and O–H groups in total. The number of anilines is 4. The highest BCUT2D eigenvalue weighted by Crippen LogP contribution is 2.40. The third-order valence-electron chi connectivity index (χ3n) is 9.27. The van der Waals surface area contributed by atoms with Crippen LogP contribution < -0.4 is 16.8 Å². The zero-order valence-corrected chi connectivity index (χ0v) is 37.0. The van der Waals surface area contributed by atoms with Crippen LogP contribution in [0.4, 0.5) is 44.9 Å². The Kier molecular flexibility index (Phi) is 11.4. The maximum Gasteiger partial charge on any atom is 0.335 e. The minimum Gasteiger partial charge on any atom is -0.478 e. The molecule has 8 aromatic rings. The quantitative estimate of drug-likeness (QED) is 0.0714. The molecule has 0 atom stereocenters. The van der Waals surface area contributed by atoms with E-state index in [1.807, 2.05) is 71.9 Å². The summed E-state index contributed by atoms with van der Waals surface area (Å²) in [5, 5.41) is 67.9. The number of hydrogen-bond donors (Lipinski definition) is 5. The molecule has 24 heteroatoms. The molecule has 0 saturated carbocycles. The largest absolute Gasteiger partial charge is 0.478 e. The van der Waals surface area contributed by atoms with Gasteiger partial charge in [0.2, 0.25) is 5.95 Å². The van der Waals surface area contributed by atoms with Crippen LogP contribution >= 0.6 is 22.7 Å². The molecular weight excluding hydrogens is 873 g/mol. The van der Waals surface area contributed by atoms with Gasteiger partial charge in [0.25, 0.3) is 22.2 Å². The predicted octanol–water partition coefficient (Wildman–Crippen LogP) is 9.01. The molecule has 0 aliphatic carbocycles. The molecule has 0 bridgehead atoms. The Morgan fingerprint density at radius 2 is 1.09 bits per heavy atom. The van der Waals surface area contributed by atoms with Crippen molar-refractivity contribution in [3.8, 4) is 33.0 Å². The molecule has 65 heavy (non-hydrogen) atoms. The van der Waals surface area contributed by atoms with Gasteiger partial charge in [-0.25, -0.2) is 9.59 Å². The summed E-state index contributed by atoms with van der Waals surface area (Å²) < 4.78 is 2.57. The first-order valence-electron chi connectivity index (χ1n) is 19.5. The van der Waals surface area contributed by atoms with E-state index < -0.39 is 22.8 Å². The monoisotopic (exact) mass is 910 g/mol. The van der Waals surface area contributed by atoms with E-state index in [-0.39, 0.29) is 57.1 Å². The summed E-state index contributed by atoms with van der Waals surface area (Å²) in [6.07, 6.45) is 0. The van der Waals surface area contributed by atoms with Crippen LogP contribution in [-0.4, -0.2) is 77.1 Å². The molecular formula is C41H38N18O4S2. The minimum absolute atomic E-state index is 0.00823. The molecule has 3 aromatic carbocycles. The Bertz CT molecular complexity index is 3140. The van der Waals surface area contributed by atoms with Crippen LogP contribution in [0.25, 0.3) is 33.0 Å². The Morgan fingerprint density at radius 3 is 1.57 bits per heavy atom. The smallest absolute Gasteiger partial charge is 0.335 e. The summed E-state index contributed by atoms with van der Waals surface area (Å²) in [4.78, 5) is 37.2. The normalized spacial score (nSPS) is 12.1. The zero-order valence-electron chi connectivity index (χ0n) is 35.4. The van der Waals surface area contributed by atoms with Crippen molar-refractivity contribution in [3.63, 3.8) is 0 Å². The summed E-state index contributed by atoms with van der Waals surface area (Å²) in [5.41, 5.74) is 15.8. The van der Waals surface area contributed by atoms with Crippen LogP contribution in [0.3, 0.4) is 0 Å². The van der Waals surface area contributed by atoms with Gasteiger partial charge in [0.05, 0.1) is 22.5 Å². The number of nitrogen functional groups attached to an aromatic ring is 2. The summed E-state index contributed by atoms with van der Waals surface area (Å²) in [5.74, 6) is -2.33. The van der Waals surface area contributed by atoms with Crippen molar-refractivity contribution in [1.82, 2.24) is 54.9 Å². The average Bonchev–Trinajstić information content (AvgIpc) is 4.08. The highest BCUT2D eigenvalue weighted by atomic mass is 32.1. The van der Waals surface area contributed by atoms with Gasteiger partial charge in [0.15, 0.2) is 23.0 Å². The molecule has 0 fully saturated rings. The summed E-state index contributed by atoms with van der Waals surface area (Å²) in [6.45, 7) is 11.6. The first-order chi connectivity index (χ1) is 30.9. The highest BCUT2D eigenvalue weighted by Gasteiger charge is 2.31. The zero-order chi connectivity index (χ0) is 46.2. The van der Waals surface area contributed by atoms with E-state index in [1.54, 1.807) is 24.3 Å². The van der Waals surface area contributed by atoms with Gasteiger partial charge in [0.1, 0.15) is 10.0 Å². The molecule has 0 amide bonds. The number of carboxylic acids is 2. The molecule has 0 aliphatic heterocycles. The molecule has 0 radical (unpaired) electrons. The lowest BCUT2D eigenvalue weighted by Crippen LogP contribution is -2.17. The van der Waals surface area contributed by atoms with Gasteiger partial charge in [-0.2, -0.15) is 34.5 Å². The van der Waals surface area contributed by atoms with Crippen LogP contribution in [0.1, 0.15) is 73.6 Å². The topological polar surface area (TPSA) is 314 Å². The van der Waals surface area contributed by atoms with Crippen molar-refractivity contribution in [2.45, 2.75) is 52.4 Å². The van der Waals surface area contributed by atoms with E-state index >= 15 is 0 Å². The Labute approximate surface area is 376 Å². The fourth-order valence-electron chi connectivity index (χ4n) is 6.08. The number of aromatic nitrogens is 11. The number of hydrogen-bond acceptors (Lipinski definition) is 20. The number of carboxylic acid groups (broad SMARTS) is 2. The van der Waals surface area contributed by atoms with Crippen molar-refractivity contribution >= 4 is 79.5 Å². The minimum atomic E-state index is -1.13. The SMILES string of the molecule is CC(C)(C)c1nn(-c2nc(Nc3cccc(C(=O)O)c3)nc(-n3nc(C(C)(C)C)c(N=Nc4nnc(-c5ccc(C(=O)O)cc5)s4)c3N)n2)c(N)c1N=Nc1nnc(-c2ccccc2)s1. The van der Waals surface area contributed by atoms with Crippen LogP contribution in [0, 0.1) is 0 Å². The van der Waals surface area contributed by atoms with Gasteiger partial charge in [-0.1, -0.05) is 113 Å². The van der Waals surface area contributed by atoms with Crippen molar-refractivity contribution in [2.24, 2.45) is 20.5 Å².